The first-order valence-electron chi connectivity index (χ1n) is 14.4. The Morgan fingerprint density at radius 2 is 1.69 bits per heavy atom. The van der Waals surface area contributed by atoms with Gasteiger partial charge in [-0.1, -0.05) is 50.1 Å². The van der Waals surface area contributed by atoms with Crippen molar-refractivity contribution in [1.29, 1.82) is 0 Å². The number of anilines is 1. The summed E-state index contributed by atoms with van der Waals surface area (Å²) in [6, 6.07) is 3.76. The molecule has 1 saturated carbocycles. The number of rotatable bonds is 3. The Balaban J connectivity index is 1.29. The van der Waals surface area contributed by atoms with Crippen molar-refractivity contribution in [3.8, 4) is 0 Å². The number of aliphatic hydroxyl groups is 1. The summed E-state index contributed by atoms with van der Waals surface area (Å²) in [6.07, 6.45) is 18.6. The first kappa shape index (κ1) is 26.7. The van der Waals surface area contributed by atoms with Crippen molar-refractivity contribution >= 4 is 23.3 Å². The molecule has 4 unspecified atom stereocenters. The van der Waals surface area contributed by atoms with Gasteiger partial charge in [-0.05, 0) is 81.3 Å². The number of halogens is 1. The second kappa shape index (κ2) is 13.8. The molecule has 1 aliphatic carbocycles. The molecule has 0 radical (unpaired) electrons. The van der Waals surface area contributed by atoms with E-state index >= 15 is 0 Å². The molecule has 2 bridgehead atoms. The summed E-state index contributed by atoms with van der Waals surface area (Å²) >= 11 is 6.39. The van der Waals surface area contributed by atoms with Crippen LogP contribution in [0.5, 0.6) is 0 Å². The lowest BCUT2D eigenvalue weighted by Crippen LogP contribution is -2.40. The standard InChI is InChI=1S/C29H46ClN3O2/c30-27-12-7-15-31-29(27)33-18-8-10-25(22-33)21-28(35)32-16-5-2-1-3-9-23-13-14-24(19-23)20-26(34)11-4-6-17-32/h7,12,15,23-26,34H,1-6,8-11,13-14,16-22H2. The molecule has 0 aromatic carbocycles. The van der Waals surface area contributed by atoms with Crippen molar-refractivity contribution in [2.24, 2.45) is 17.8 Å². The van der Waals surface area contributed by atoms with Crippen LogP contribution >= 0.6 is 11.6 Å². The van der Waals surface area contributed by atoms with Gasteiger partial charge in [-0.3, -0.25) is 4.79 Å². The molecule has 1 amide bonds. The van der Waals surface area contributed by atoms with Crippen LogP contribution in [-0.2, 0) is 4.79 Å². The Bertz CT molecular complexity index is 791. The number of carbonyl (C=O) groups excluding carboxylic acids is 1. The molecule has 4 rings (SSSR count). The molecule has 3 fully saturated rings. The summed E-state index contributed by atoms with van der Waals surface area (Å²) in [6.45, 7) is 3.52. The molecule has 2 aliphatic heterocycles. The van der Waals surface area contributed by atoms with Gasteiger partial charge in [0.2, 0.25) is 5.91 Å². The second-order valence-electron chi connectivity index (χ2n) is 11.5. The number of carbonyl (C=O) groups is 1. The summed E-state index contributed by atoms with van der Waals surface area (Å²) in [5.41, 5.74) is 0. The van der Waals surface area contributed by atoms with E-state index in [0.29, 0.717) is 23.3 Å². The topological polar surface area (TPSA) is 56.7 Å². The molecule has 196 valence electrons. The minimum absolute atomic E-state index is 0.164. The van der Waals surface area contributed by atoms with Gasteiger partial charge in [0.25, 0.3) is 0 Å². The maximum Gasteiger partial charge on any atom is 0.222 e. The molecule has 1 aromatic heterocycles. The Morgan fingerprint density at radius 3 is 2.54 bits per heavy atom. The molecule has 2 saturated heterocycles. The van der Waals surface area contributed by atoms with Crippen molar-refractivity contribution in [2.75, 3.05) is 31.1 Å². The number of aliphatic hydroxyl groups excluding tert-OH is 1. The maximum absolute atomic E-state index is 13.4. The number of amides is 1. The summed E-state index contributed by atoms with van der Waals surface area (Å²) in [5, 5.41) is 11.3. The van der Waals surface area contributed by atoms with E-state index in [4.69, 9.17) is 11.6 Å². The quantitative estimate of drug-likeness (QED) is 0.513. The number of pyridine rings is 1. The summed E-state index contributed by atoms with van der Waals surface area (Å²) in [4.78, 5) is 22.3. The molecule has 1 N–H and O–H groups in total. The third kappa shape index (κ3) is 8.35. The zero-order valence-corrected chi connectivity index (χ0v) is 22.3. The summed E-state index contributed by atoms with van der Waals surface area (Å²) in [7, 11) is 0. The lowest BCUT2D eigenvalue weighted by atomic mass is 9.93. The van der Waals surface area contributed by atoms with Crippen molar-refractivity contribution in [3.05, 3.63) is 23.4 Å². The first-order chi connectivity index (χ1) is 17.1. The van der Waals surface area contributed by atoms with Crippen molar-refractivity contribution < 1.29 is 9.90 Å². The minimum atomic E-state index is -0.164. The van der Waals surface area contributed by atoms with Crippen LogP contribution < -0.4 is 4.90 Å². The molecule has 3 aliphatic rings. The van der Waals surface area contributed by atoms with Gasteiger partial charge in [-0.25, -0.2) is 4.98 Å². The molecule has 1 aromatic rings. The normalized spacial score (nSPS) is 29.8. The number of fused-ring (bicyclic) bond motifs is 2. The fraction of sp³-hybridized carbons (Fsp3) is 0.793. The molecule has 35 heavy (non-hydrogen) atoms. The van der Waals surface area contributed by atoms with Gasteiger partial charge in [-0.2, -0.15) is 0 Å². The molecule has 4 atom stereocenters. The second-order valence-corrected chi connectivity index (χ2v) is 11.9. The average molecular weight is 504 g/mol. The molecule has 6 heteroatoms. The van der Waals surface area contributed by atoms with E-state index in [0.717, 1.165) is 88.8 Å². The van der Waals surface area contributed by atoms with Crippen LogP contribution in [-0.4, -0.2) is 53.2 Å². The zero-order valence-electron chi connectivity index (χ0n) is 21.6. The van der Waals surface area contributed by atoms with Crippen LogP contribution in [0, 0.1) is 17.8 Å². The Kier molecular flexibility index (Phi) is 10.6. The van der Waals surface area contributed by atoms with E-state index in [9.17, 15) is 9.90 Å². The van der Waals surface area contributed by atoms with Crippen LogP contribution in [0.2, 0.25) is 5.02 Å². The fourth-order valence-electron chi connectivity index (χ4n) is 6.70. The lowest BCUT2D eigenvalue weighted by molar-refractivity contribution is -0.132. The molecule has 5 nitrogen and oxygen atoms in total. The van der Waals surface area contributed by atoms with Crippen molar-refractivity contribution in [3.63, 3.8) is 0 Å². The molecular weight excluding hydrogens is 458 g/mol. The summed E-state index contributed by atoms with van der Waals surface area (Å²) in [5.74, 6) is 3.13. The highest BCUT2D eigenvalue weighted by Gasteiger charge is 2.28. The number of piperidine rings is 1. The van der Waals surface area contributed by atoms with Crippen LogP contribution in [0.15, 0.2) is 18.3 Å². The highest BCUT2D eigenvalue weighted by atomic mass is 35.5. The van der Waals surface area contributed by atoms with Gasteiger partial charge < -0.3 is 14.9 Å². The number of hydrogen-bond acceptors (Lipinski definition) is 4. The molecule has 0 spiro atoms. The highest BCUT2D eigenvalue weighted by molar-refractivity contribution is 6.32. The minimum Gasteiger partial charge on any atom is -0.393 e. The van der Waals surface area contributed by atoms with Crippen LogP contribution in [0.3, 0.4) is 0 Å². The number of aromatic nitrogens is 1. The molecule has 3 heterocycles. The first-order valence-corrected chi connectivity index (χ1v) is 14.8. The monoisotopic (exact) mass is 503 g/mol. The largest absolute Gasteiger partial charge is 0.393 e. The zero-order chi connectivity index (χ0) is 24.5. The number of hydrogen-bond donors (Lipinski definition) is 1. The summed E-state index contributed by atoms with van der Waals surface area (Å²) < 4.78 is 0. The van der Waals surface area contributed by atoms with Gasteiger partial charge in [0, 0.05) is 38.8 Å². The number of nitrogens with zero attached hydrogens (tertiary/aromatic N) is 3. The Labute approximate surface area is 217 Å². The Morgan fingerprint density at radius 1 is 0.914 bits per heavy atom. The maximum atomic E-state index is 13.4. The Hall–Kier alpha value is -1.33. The highest BCUT2D eigenvalue weighted by Crippen LogP contribution is 2.37. The predicted octanol–water partition coefficient (Wildman–Crippen LogP) is 6.47. The predicted molar refractivity (Wildman–Crippen MR) is 144 cm³/mol. The average Bonchev–Trinajstić information content (AvgIpc) is 3.29. The van der Waals surface area contributed by atoms with E-state index in [-0.39, 0.29) is 6.10 Å². The SMILES string of the molecule is O=C(CC1CCCN(c2ncccc2Cl)C1)N1CCCCCCC2CCC(CC(O)CCCC1)C2. The van der Waals surface area contributed by atoms with Gasteiger partial charge in [0.1, 0.15) is 5.82 Å². The van der Waals surface area contributed by atoms with Crippen molar-refractivity contribution in [1.82, 2.24) is 9.88 Å². The van der Waals surface area contributed by atoms with E-state index in [1.54, 1.807) is 6.20 Å². The van der Waals surface area contributed by atoms with E-state index in [1.165, 1.54) is 44.9 Å². The molecular formula is C29H46ClN3O2. The smallest absolute Gasteiger partial charge is 0.222 e. The van der Waals surface area contributed by atoms with Crippen LogP contribution in [0.4, 0.5) is 5.82 Å². The van der Waals surface area contributed by atoms with Gasteiger partial charge in [0.15, 0.2) is 0 Å². The van der Waals surface area contributed by atoms with E-state index in [2.05, 4.69) is 14.8 Å². The van der Waals surface area contributed by atoms with Crippen LogP contribution in [0.25, 0.3) is 0 Å². The third-order valence-corrected chi connectivity index (χ3v) is 8.93. The van der Waals surface area contributed by atoms with Crippen molar-refractivity contribution in [2.45, 2.75) is 102 Å². The van der Waals surface area contributed by atoms with E-state index < -0.39 is 0 Å². The lowest BCUT2D eigenvalue weighted by Gasteiger charge is -2.35. The van der Waals surface area contributed by atoms with Gasteiger partial charge in [0.05, 0.1) is 11.1 Å². The third-order valence-electron chi connectivity index (χ3n) is 8.63. The van der Waals surface area contributed by atoms with Crippen LogP contribution in [0.1, 0.15) is 96.3 Å². The van der Waals surface area contributed by atoms with Gasteiger partial charge >= 0.3 is 0 Å². The van der Waals surface area contributed by atoms with E-state index in [1.807, 2.05) is 12.1 Å². The van der Waals surface area contributed by atoms with Gasteiger partial charge in [-0.15, -0.1) is 0 Å². The fourth-order valence-corrected chi connectivity index (χ4v) is 6.94.